The molecule has 0 bridgehead atoms. The number of carbonyl (C=O) groups excluding carboxylic acids is 1. The molecule has 0 saturated carbocycles. The second-order valence-electron chi connectivity index (χ2n) is 7.30. The van der Waals surface area contributed by atoms with Crippen molar-refractivity contribution in [2.75, 3.05) is 13.1 Å². The molecule has 1 heterocycles. The van der Waals surface area contributed by atoms with E-state index in [2.05, 4.69) is 30.3 Å². The van der Waals surface area contributed by atoms with E-state index in [1.807, 2.05) is 25.7 Å². The Hall–Kier alpha value is -1.35. The lowest BCUT2D eigenvalue weighted by atomic mass is 9.85. The molecular formula is C18H28N2O. The Morgan fingerprint density at radius 3 is 2.33 bits per heavy atom. The van der Waals surface area contributed by atoms with Crippen LogP contribution in [0.15, 0.2) is 30.3 Å². The van der Waals surface area contributed by atoms with Gasteiger partial charge in [0.05, 0.1) is 6.04 Å². The summed E-state index contributed by atoms with van der Waals surface area (Å²) in [7, 11) is 0. The highest BCUT2D eigenvalue weighted by molar-refractivity contribution is 5.82. The van der Waals surface area contributed by atoms with Crippen LogP contribution in [0.25, 0.3) is 0 Å². The van der Waals surface area contributed by atoms with Crippen LogP contribution in [0.5, 0.6) is 0 Å². The van der Waals surface area contributed by atoms with E-state index in [-0.39, 0.29) is 11.3 Å². The lowest BCUT2D eigenvalue weighted by Crippen LogP contribution is -2.52. The molecule has 0 aromatic heterocycles. The van der Waals surface area contributed by atoms with Crippen LogP contribution in [0, 0.1) is 11.3 Å². The minimum atomic E-state index is -0.400. The normalized spacial score (nSPS) is 18.6. The molecular weight excluding hydrogens is 260 g/mol. The molecule has 1 fully saturated rings. The van der Waals surface area contributed by atoms with Crippen molar-refractivity contribution >= 4 is 5.91 Å². The number of hydrogen-bond acceptors (Lipinski definition) is 2. The molecule has 1 amide bonds. The second-order valence-corrected chi connectivity index (χ2v) is 7.30. The highest BCUT2D eigenvalue weighted by Gasteiger charge is 2.32. The third-order valence-corrected chi connectivity index (χ3v) is 4.49. The highest BCUT2D eigenvalue weighted by Crippen LogP contribution is 2.24. The molecule has 0 unspecified atom stereocenters. The Labute approximate surface area is 128 Å². The van der Waals surface area contributed by atoms with Crippen LogP contribution in [0.4, 0.5) is 0 Å². The van der Waals surface area contributed by atoms with Crippen LogP contribution in [-0.2, 0) is 11.2 Å². The number of likely N-dealkylation sites (tertiary alicyclic amines) is 1. The topological polar surface area (TPSA) is 46.3 Å². The highest BCUT2D eigenvalue weighted by atomic mass is 16.2. The molecule has 0 radical (unpaired) electrons. The van der Waals surface area contributed by atoms with Gasteiger partial charge in [0.2, 0.25) is 5.91 Å². The van der Waals surface area contributed by atoms with Crippen LogP contribution in [0.1, 0.15) is 39.2 Å². The standard InChI is InChI=1S/C18H28N2O/c1-18(2,3)16(19)17(21)20-11-9-15(10-12-20)13-14-7-5-4-6-8-14/h4-8,15-16H,9-13,19H2,1-3H3/t16-/m1/s1. The molecule has 0 spiro atoms. The van der Waals surface area contributed by atoms with Crippen molar-refractivity contribution in [3.05, 3.63) is 35.9 Å². The predicted octanol–water partition coefficient (Wildman–Crippen LogP) is 2.84. The van der Waals surface area contributed by atoms with Gasteiger partial charge in [0, 0.05) is 13.1 Å². The fourth-order valence-electron chi connectivity index (χ4n) is 2.87. The SMILES string of the molecule is CC(C)(C)[C@H](N)C(=O)N1CCC(Cc2ccccc2)CC1. The minimum Gasteiger partial charge on any atom is -0.341 e. The maximum absolute atomic E-state index is 12.4. The smallest absolute Gasteiger partial charge is 0.240 e. The average Bonchev–Trinajstić information content (AvgIpc) is 2.46. The molecule has 21 heavy (non-hydrogen) atoms. The summed E-state index contributed by atoms with van der Waals surface area (Å²) in [5, 5.41) is 0. The lowest BCUT2D eigenvalue weighted by Gasteiger charge is -2.36. The Bertz CT molecular complexity index is 456. The summed E-state index contributed by atoms with van der Waals surface area (Å²) in [5.74, 6) is 0.794. The van der Waals surface area contributed by atoms with Crippen molar-refractivity contribution in [3.63, 3.8) is 0 Å². The van der Waals surface area contributed by atoms with Gasteiger partial charge in [-0.3, -0.25) is 4.79 Å². The summed E-state index contributed by atoms with van der Waals surface area (Å²) < 4.78 is 0. The predicted molar refractivity (Wildman–Crippen MR) is 86.9 cm³/mol. The summed E-state index contributed by atoms with van der Waals surface area (Å²) in [6.45, 7) is 7.77. The zero-order valence-corrected chi connectivity index (χ0v) is 13.5. The number of rotatable bonds is 3. The first-order valence-corrected chi connectivity index (χ1v) is 7.96. The van der Waals surface area contributed by atoms with Gasteiger partial charge in [-0.25, -0.2) is 0 Å². The number of hydrogen-bond donors (Lipinski definition) is 1. The number of nitrogens with two attached hydrogens (primary N) is 1. The van der Waals surface area contributed by atoms with Gasteiger partial charge in [-0.1, -0.05) is 51.1 Å². The van der Waals surface area contributed by atoms with Gasteiger partial charge < -0.3 is 10.6 Å². The van der Waals surface area contributed by atoms with Gasteiger partial charge in [0.25, 0.3) is 0 Å². The van der Waals surface area contributed by atoms with E-state index in [1.54, 1.807) is 0 Å². The zero-order valence-electron chi connectivity index (χ0n) is 13.5. The van der Waals surface area contributed by atoms with Gasteiger partial charge in [-0.15, -0.1) is 0 Å². The van der Waals surface area contributed by atoms with E-state index in [4.69, 9.17) is 5.73 Å². The molecule has 2 rings (SSSR count). The van der Waals surface area contributed by atoms with Gasteiger partial charge >= 0.3 is 0 Å². The molecule has 1 atom stereocenters. The molecule has 3 nitrogen and oxygen atoms in total. The number of amides is 1. The van der Waals surface area contributed by atoms with Gasteiger partial charge in [0.15, 0.2) is 0 Å². The maximum Gasteiger partial charge on any atom is 0.240 e. The van der Waals surface area contributed by atoms with E-state index < -0.39 is 6.04 Å². The third-order valence-electron chi connectivity index (χ3n) is 4.49. The third kappa shape index (κ3) is 4.31. The summed E-state index contributed by atoms with van der Waals surface area (Å²) in [6, 6.07) is 10.2. The fraction of sp³-hybridized carbons (Fsp3) is 0.611. The lowest BCUT2D eigenvalue weighted by molar-refractivity contribution is -0.136. The van der Waals surface area contributed by atoms with Crippen molar-refractivity contribution in [2.45, 2.75) is 46.1 Å². The molecule has 2 N–H and O–H groups in total. The number of benzene rings is 1. The summed E-state index contributed by atoms with van der Waals surface area (Å²) >= 11 is 0. The number of nitrogens with zero attached hydrogens (tertiary/aromatic N) is 1. The summed E-state index contributed by atoms with van der Waals surface area (Å²) in [4.78, 5) is 14.4. The Balaban J connectivity index is 1.84. The summed E-state index contributed by atoms with van der Waals surface area (Å²) in [5.41, 5.74) is 7.32. The van der Waals surface area contributed by atoms with Crippen LogP contribution < -0.4 is 5.73 Å². The van der Waals surface area contributed by atoms with Crippen LogP contribution in [0.3, 0.4) is 0 Å². The van der Waals surface area contributed by atoms with Gasteiger partial charge in [-0.2, -0.15) is 0 Å². The van der Waals surface area contributed by atoms with E-state index >= 15 is 0 Å². The molecule has 1 aliphatic heterocycles. The first-order valence-electron chi connectivity index (χ1n) is 7.96. The molecule has 116 valence electrons. The fourth-order valence-corrected chi connectivity index (χ4v) is 2.87. The van der Waals surface area contributed by atoms with Gasteiger partial charge in [-0.05, 0) is 36.2 Å². The first-order chi connectivity index (χ1) is 9.88. The molecule has 0 aliphatic carbocycles. The quantitative estimate of drug-likeness (QED) is 0.929. The number of piperidine rings is 1. The Kier molecular flexibility index (Phi) is 5.04. The second kappa shape index (κ2) is 6.61. The maximum atomic E-state index is 12.4. The van der Waals surface area contributed by atoms with Crippen molar-refractivity contribution in [1.29, 1.82) is 0 Å². The summed E-state index contributed by atoms with van der Waals surface area (Å²) in [6.07, 6.45) is 3.28. The minimum absolute atomic E-state index is 0.112. The molecule has 1 aliphatic rings. The Morgan fingerprint density at radius 1 is 1.24 bits per heavy atom. The van der Waals surface area contributed by atoms with Crippen molar-refractivity contribution < 1.29 is 4.79 Å². The molecule has 1 aromatic carbocycles. The van der Waals surface area contributed by atoms with E-state index in [1.165, 1.54) is 5.56 Å². The van der Waals surface area contributed by atoms with E-state index in [0.29, 0.717) is 5.92 Å². The van der Waals surface area contributed by atoms with Crippen LogP contribution in [-0.4, -0.2) is 29.9 Å². The largest absolute Gasteiger partial charge is 0.341 e. The Morgan fingerprint density at radius 2 is 1.81 bits per heavy atom. The van der Waals surface area contributed by atoms with Crippen molar-refractivity contribution in [1.82, 2.24) is 4.90 Å². The molecule has 1 saturated heterocycles. The van der Waals surface area contributed by atoms with E-state index in [9.17, 15) is 4.79 Å². The molecule has 1 aromatic rings. The van der Waals surface area contributed by atoms with Crippen LogP contribution >= 0.6 is 0 Å². The van der Waals surface area contributed by atoms with Crippen molar-refractivity contribution in [3.8, 4) is 0 Å². The van der Waals surface area contributed by atoms with Crippen LogP contribution in [0.2, 0.25) is 0 Å². The van der Waals surface area contributed by atoms with E-state index in [0.717, 1.165) is 32.4 Å². The monoisotopic (exact) mass is 288 g/mol. The zero-order chi connectivity index (χ0) is 15.5. The average molecular weight is 288 g/mol. The first kappa shape index (κ1) is 16.0. The van der Waals surface area contributed by atoms with Gasteiger partial charge in [0.1, 0.15) is 0 Å². The number of carbonyl (C=O) groups is 1. The molecule has 3 heteroatoms. The van der Waals surface area contributed by atoms with Crippen molar-refractivity contribution in [2.24, 2.45) is 17.1 Å².